The van der Waals surface area contributed by atoms with Gasteiger partial charge in [0.2, 0.25) is 5.91 Å². The second-order valence-electron chi connectivity index (χ2n) is 7.96. The SMILES string of the molecule is O=C(NCC(=O)N1CC2(C[C@H]1C(=O)O)OCCO2)c1ccc2nc3ccccc3cc2c1. The van der Waals surface area contributed by atoms with Crippen molar-refractivity contribution >= 4 is 39.6 Å². The Morgan fingerprint density at radius 2 is 1.81 bits per heavy atom. The number of aliphatic carboxylic acids is 1. The number of hydrogen-bond acceptors (Lipinski definition) is 6. The van der Waals surface area contributed by atoms with Gasteiger partial charge in [0.1, 0.15) is 6.04 Å². The van der Waals surface area contributed by atoms with Crippen LogP contribution in [0, 0.1) is 0 Å². The fraction of sp³-hybridized carbons (Fsp3) is 0.304. The molecule has 0 bridgehead atoms. The lowest BCUT2D eigenvalue weighted by Gasteiger charge is -2.23. The Bertz CT molecular complexity index is 1240. The Kier molecular flexibility index (Phi) is 4.99. The third-order valence-electron chi connectivity index (χ3n) is 5.89. The van der Waals surface area contributed by atoms with Crippen LogP contribution >= 0.6 is 0 Å². The molecule has 1 spiro atoms. The maximum absolute atomic E-state index is 12.7. The molecule has 2 amide bonds. The number of rotatable bonds is 4. The van der Waals surface area contributed by atoms with E-state index < -0.39 is 29.6 Å². The minimum atomic E-state index is -1.13. The van der Waals surface area contributed by atoms with Crippen molar-refractivity contribution < 1.29 is 29.0 Å². The molecule has 5 rings (SSSR count). The number of hydrogen-bond donors (Lipinski definition) is 2. The standard InChI is InChI=1S/C23H21N3O6/c27-20(26-13-23(31-7-8-32-23)11-19(26)22(29)30)12-24-21(28)15-5-6-18-16(10-15)9-14-3-1-2-4-17(14)25-18/h1-6,9-10,19H,7-8,11-13H2,(H,24,28)(H,29,30)/t19-/m0/s1. The molecule has 1 atom stereocenters. The summed E-state index contributed by atoms with van der Waals surface area (Å²) in [6.07, 6.45) is 0.0631. The van der Waals surface area contributed by atoms with Crippen LogP contribution in [-0.4, -0.2) is 70.9 Å². The van der Waals surface area contributed by atoms with Crippen LogP contribution in [0.3, 0.4) is 0 Å². The summed E-state index contributed by atoms with van der Waals surface area (Å²) in [6, 6.07) is 13.8. The molecule has 2 aromatic carbocycles. The number of carbonyl (C=O) groups is 3. The minimum absolute atomic E-state index is 0.0212. The predicted molar refractivity (Wildman–Crippen MR) is 114 cm³/mol. The molecule has 2 aliphatic heterocycles. The lowest BCUT2D eigenvalue weighted by atomic mass is 10.1. The smallest absolute Gasteiger partial charge is 0.326 e. The summed E-state index contributed by atoms with van der Waals surface area (Å²) in [7, 11) is 0. The number of ether oxygens (including phenoxy) is 2. The summed E-state index contributed by atoms with van der Waals surface area (Å²) < 4.78 is 11.1. The average Bonchev–Trinajstić information content (AvgIpc) is 3.42. The highest BCUT2D eigenvalue weighted by molar-refractivity contribution is 6.01. The van der Waals surface area contributed by atoms with E-state index in [1.165, 1.54) is 4.90 Å². The van der Waals surface area contributed by atoms with Crippen LogP contribution in [0.1, 0.15) is 16.8 Å². The fourth-order valence-electron chi connectivity index (χ4n) is 4.31. The number of para-hydroxylation sites is 1. The molecule has 0 aliphatic carbocycles. The van der Waals surface area contributed by atoms with Crippen LogP contribution < -0.4 is 5.32 Å². The number of nitrogens with zero attached hydrogens (tertiary/aromatic N) is 2. The van der Waals surface area contributed by atoms with Crippen molar-refractivity contribution in [2.75, 3.05) is 26.3 Å². The maximum atomic E-state index is 12.7. The van der Waals surface area contributed by atoms with Gasteiger partial charge in [0.05, 0.1) is 37.3 Å². The van der Waals surface area contributed by atoms with Gasteiger partial charge in [-0.3, -0.25) is 9.59 Å². The van der Waals surface area contributed by atoms with E-state index in [0.717, 1.165) is 21.8 Å². The predicted octanol–water partition coefficient (Wildman–Crippen LogP) is 1.55. The number of aromatic nitrogens is 1. The van der Waals surface area contributed by atoms with Gasteiger partial charge in [-0.1, -0.05) is 18.2 Å². The summed E-state index contributed by atoms with van der Waals surface area (Å²) in [5, 5.41) is 13.9. The third-order valence-corrected chi connectivity index (χ3v) is 5.89. The first-order valence-corrected chi connectivity index (χ1v) is 10.3. The molecule has 164 valence electrons. The van der Waals surface area contributed by atoms with E-state index in [4.69, 9.17) is 9.47 Å². The first-order valence-electron chi connectivity index (χ1n) is 10.3. The molecule has 2 N–H and O–H groups in total. The van der Waals surface area contributed by atoms with Crippen LogP contribution in [0.2, 0.25) is 0 Å². The molecule has 1 aromatic heterocycles. The van der Waals surface area contributed by atoms with Gasteiger partial charge in [0.15, 0.2) is 5.79 Å². The largest absolute Gasteiger partial charge is 0.480 e. The van der Waals surface area contributed by atoms with Crippen LogP contribution in [0.5, 0.6) is 0 Å². The van der Waals surface area contributed by atoms with E-state index in [0.29, 0.717) is 18.8 Å². The maximum Gasteiger partial charge on any atom is 0.326 e. The Labute approximate surface area is 182 Å². The lowest BCUT2D eigenvalue weighted by molar-refractivity contribution is -0.152. The summed E-state index contributed by atoms with van der Waals surface area (Å²) in [6.45, 7) is 0.411. The number of fused-ring (bicyclic) bond motifs is 2. The highest BCUT2D eigenvalue weighted by atomic mass is 16.7. The van der Waals surface area contributed by atoms with E-state index in [1.807, 2.05) is 30.3 Å². The molecule has 2 saturated heterocycles. The van der Waals surface area contributed by atoms with Crippen molar-refractivity contribution in [2.45, 2.75) is 18.2 Å². The molecular weight excluding hydrogens is 414 g/mol. The molecule has 0 unspecified atom stereocenters. The van der Waals surface area contributed by atoms with Crippen molar-refractivity contribution in [3.8, 4) is 0 Å². The molecular formula is C23H21N3O6. The van der Waals surface area contributed by atoms with Crippen LogP contribution in [0.4, 0.5) is 0 Å². The summed E-state index contributed by atoms with van der Waals surface area (Å²) in [5.41, 5.74) is 2.02. The van der Waals surface area contributed by atoms with Gasteiger partial charge in [0.25, 0.3) is 5.91 Å². The van der Waals surface area contributed by atoms with E-state index >= 15 is 0 Å². The number of pyridine rings is 1. The zero-order valence-electron chi connectivity index (χ0n) is 17.1. The van der Waals surface area contributed by atoms with Crippen molar-refractivity contribution in [1.82, 2.24) is 15.2 Å². The monoisotopic (exact) mass is 435 g/mol. The van der Waals surface area contributed by atoms with Gasteiger partial charge >= 0.3 is 5.97 Å². The topological polar surface area (TPSA) is 118 Å². The van der Waals surface area contributed by atoms with Gasteiger partial charge < -0.3 is 24.8 Å². The zero-order valence-corrected chi connectivity index (χ0v) is 17.1. The zero-order chi connectivity index (χ0) is 22.3. The second kappa shape index (κ2) is 7.85. The molecule has 32 heavy (non-hydrogen) atoms. The van der Waals surface area contributed by atoms with Gasteiger partial charge in [-0.05, 0) is 30.3 Å². The van der Waals surface area contributed by atoms with Crippen LogP contribution in [0.25, 0.3) is 21.8 Å². The second-order valence-corrected chi connectivity index (χ2v) is 7.96. The highest BCUT2D eigenvalue weighted by Gasteiger charge is 2.52. The fourth-order valence-corrected chi connectivity index (χ4v) is 4.31. The Balaban J connectivity index is 1.29. The van der Waals surface area contributed by atoms with Crippen LogP contribution in [0.15, 0.2) is 48.5 Å². The lowest BCUT2D eigenvalue weighted by Crippen LogP contribution is -2.46. The Morgan fingerprint density at radius 1 is 1.06 bits per heavy atom. The van der Waals surface area contributed by atoms with Crippen molar-refractivity contribution in [3.63, 3.8) is 0 Å². The van der Waals surface area contributed by atoms with Gasteiger partial charge in [-0.2, -0.15) is 0 Å². The van der Waals surface area contributed by atoms with E-state index in [2.05, 4.69) is 10.3 Å². The number of nitrogens with one attached hydrogen (secondary N) is 1. The number of amides is 2. The normalized spacial score (nSPS) is 19.6. The first-order chi connectivity index (χ1) is 15.4. The van der Waals surface area contributed by atoms with E-state index in [9.17, 15) is 19.5 Å². The summed E-state index contributed by atoms with van der Waals surface area (Å²) >= 11 is 0. The molecule has 0 saturated carbocycles. The molecule has 3 heterocycles. The molecule has 3 aromatic rings. The Morgan fingerprint density at radius 3 is 2.59 bits per heavy atom. The molecule has 9 nitrogen and oxygen atoms in total. The van der Waals surface area contributed by atoms with E-state index in [-0.39, 0.29) is 19.5 Å². The molecule has 2 fully saturated rings. The van der Waals surface area contributed by atoms with Gasteiger partial charge in [-0.15, -0.1) is 0 Å². The van der Waals surface area contributed by atoms with Crippen molar-refractivity contribution in [1.29, 1.82) is 0 Å². The first kappa shape index (κ1) is 20.3. The van der Waals surface area contributed by atoms with Gasteiger partial charge in [0, 0.05) is 22.8 Å². The summed E-state index contributed by atoms with van der Waals surface area (Å²) in [4.78, 5) is 42.8. The number of carbonyl (C=O) groups excluding carboxylic acids is 2. The minimum Gasteiger partial charge on any atom is -0.480 e. The third kappa shape index (κ3) is 3.65. The molecule has 2 aliphatic rings. The molecule has 0 radical (unpaired) electrons. The highest BCUT2D eigenvalue weighted by Crippen LogP contribution is 2.34. The average molecular weight is 435 g/mol. The van der Waals surface area contributed by atoms with Crippen LogP contribution in [-0.2, 0) is 19.1 Å². The van der Waals surface area contributed by atoms with Gasteiger partial charge in [-0.25, -0.2) is 9.78 Å². The quantitative estimate of drug-likeness (QED) is 0.597. The Hall–Kier alpha value is -3.56. The van der Waals surface area contributed by atoms with E-state index in [1.54, 1.807) is 18.2 Å². The summed E-state index contributed by atoms with van der Waals surface area (Å²) in [5.74, 6) is -3.13. The van der Waals surface area contributed by atoms with Crippen molar-refractivity contribution in [2.24, 2.45) is 0 Å². The van der Waals surface area contributed by atoms with Crippen molar-refractivity contribution in [3.05, 3.63) is 54.1 Å². The molecule has 9 heteroatoms. The number of benzene rings is 2. The number of likely N-dealkylation sites (tertiary alicyclic amines) is 1. The number of carboxylic acids is 1. The number of carboxylic acid groups (broad SMARTS) is 1.